The number of thioether (sulfide) groups is 1. The van der Waals surface area contributed by atoms with Gasteiger partial charge in [-0.25, -0.2) is 4.79 Å². The van der Waals surface area contributed by atoms with Crippen molar-refractivity contribution in [1.29, 1.82) is 0 Å². The van der Waals surface area contributed by atoms with E-state index in [9.17, 15) is 14.7 Å². The third-order valence-electron chi connectivity index (χ3n) is 7.42. The molecule has 5 heteroatoms. The quantitative estimate of drug-likeness (QED) is 0.428. The average molecular weight is 478 g/mol. The fraction of sp³-hybridized carbons (Fsp3) is 0.448. The van der Waals surface area contributed by atoms with E-state index in [1.54, 1.807) is 11.8 Å². The van der Waals surface area contributed by atoms with Crippen LogP contribution in [0.2, 0.25) is 0 Å². The molecule has 2 unspecified atom stereocenters. The molecule has 2 aliphatic rings. The predicted molar refractivity (Wildman–Crippen MR) is 141 cm³/mol. The van der Waals surface area contributed by atoms with Crippen LogP contribution >= 0.6 is 11.8 Å². The van der Waals surface area contributed by atoms with Gasteiger partial charge in [0.05, 0.1) is 0 Å². The molecular weight excluding hydrogens is 442 g/mol. The van der Waals surface area contributed by atoms with Crippen LogP contribution in [0.25, 0.3) is 17.2 Å². The van der Waals surface area contributed by atoms with Crippen molar-refractivity contribution < 1.29 is 14.7 Å². The smallest absolute Gasteiger partial charge is 0.329 e. The molecule has 0 heterocycles. The Morgan fingerprint density at radius 1 is 1.12 bits per heavy atom. The number of carboxylic acid groups (broad SMARTS) is 1. The van der Waals surface area contributed by atoms with Crippen LogP contribution in [-0.4, -0.2) is 34.5 Å². The van der Waals surface area contributed by atoms with Gasteiger partial charge in [-0.15, -0.1) is 0 Å². The van der Waals surface area contributed by atoms with E-state index in [-0.39, 0.29) is 11.8 Å². The van der Waals surface area contributed by atoms with Gasteiger partial charge in [0.2, 0.25) is 0 Å². The summed E-state index contributed by atoms with van der Waals surface area (Å²) in [7, 11) is 0. The molecular formula is C29H35NO3S. The minimum atomic E-state index is -1.15. The van der Waals surface area contributed by atoms with Gasteiger partial charge < -0.3 is 10.4 Å². The molecule has 0 aliphatic heterocycles. The van der Waals surface area contributed by atoms with Gasteiger partial charge in [0.15, 0.2) is 0 Å². The number of aliphatic carboxylic acids is 1. The maximum Gasteiger partial charge on any atom is 0.329 e. The Morgan fingerprint density at radius 3 is 2.59 bits per heavy atom. The number of benzene rings is 2. The zero-order valence-corrected chi connectivity index (χ0v) is 21.0. The molecule has 0 aromatic heterocycles. The second kappa shape index (κ2) is 10.8. The topological polar surface area (TPSA) is 66.4 Å². The van der Waals surface area contributed by atoms with Crippen molar-refractivity contribution in [2.75, 3.05) is 12.0 Å². The average Bonchev–Trinajstić information content (AvgIpc) is 3.53. The van der Waals surface area contributed by atoms with E-state index >= 15 is 0 Å². The van der Waals surface area contributed by atoms with E-state index in [0.717, 1.165) is 40.3 Å². The predicted octanol–water partition coefficient (Wildman–Crippen LogP) is 6.58. The molecule has 2 saturated carbocycles. The van der Waals surface area contributed by atoms with Crippen LogP contribution in [0.1, 0.15) is 66.4 Å². The van der Waals surface area contributed by atoms with Crippen LogP contribution in [0, 0.1) is 18.8 Å². The third-order valence-corrected chi connectivity index (χ3v) is 8.15. The second-order valence-corrected chi connectivity index (χ2v) is 10.8. The first-order valence-electron chi connectivity index (χ1n) is 12.4. The van der Waals surface area contributed by atoms with Gasteiger partial charge in [-0.05, 0) is 72.1 Å². The van der Waals surface area contributed by atoms with Crippen LogP contribution in [-0.2, 0) is 4.79 Å². The van der Waals surface area contributed by atoms with Crippen molar-refractivity contribution in [2.24, 2.45) is 11.8 Å². The second-order valence-electron chi connectivity index (χ2n) is 9.85. The Balaban J connectivity index is 1.61. The highest BCUT2D eigenvalue weighted by Gasteiger charge is 2.61. The van der Waals surface area contributed by atoms with Crippen molar-refractivity contribution in [2.45, 2.75) is 57.4 Å². The summed E-state index contributed by atoms with van der Waals surface area (Å²) in [6.07, 6.45) is 14.7. The largest absolute Gasteiger partial charge is 0.479 e. The number of hydrogen-bond donors (Lipinski definition) is 2. The molecule has 2 aromatic carbocycles. The van der Waals surface area contributed by atoms with E-state index in [2.05, 4.69) is 23.5 Å². The lowest BCUT2D eigenvalue weighted by Gasteiger charge is -2.19. The molecule has 4 rings (SSSR count). The third kappa shape index (κ3) is 5.41. The maximum absolute atomic E-state index is 13.4. The zero-order valence-electron chi connectivity index (χ0n) is 20.2. The van der Waals surface area contributed by atoms with Crippen LogP contribution < -0.4 is 5.32 Å². The van der Waals surface area contributed by atoms with Crippen molar-refractivity contribution in [3.63, 3.8) is 0 Å². The Labute approximate surface area is 207 Å². The fourth-order valence-corrected chi connectivity index (χ4v) is 6.06. The van der Waals surface area contributed by atoms with Gasteiger partial charge >= 0.3 is 5.97 Å². The summed E-state index contributed by atoms with van der Waals surface area (Å²) in [5.74, 6) is 0.211. The summed E-state index contributed by atoms with van der Waals surface area (Å²) in [4.78, 5) is 25.4. The molecule has 0 radical (unpaired) electrons. The normalized spacial score (nSPS) is 22.6. The highest BCUT2D eigenvalue weighted by atomic mass is 32.2. The van der Waals surface area contributed by atoms with Gasteiger partial charge in [0.25, 0.3) is 5.91 Å². The number of carbonyl (C=O) groups excluding carboxylic acids is 1. The molecule has 4 nitrogen and oxygen atoms in total. The highest BCUT2D eigenvalue weighted by molar-refractivity contribution is 7.98. The molecule has 180 valence electrons. The van der Waals surface area contributed by atoms with Gasteiger partial charge in [-0.3, -0.25) is 4.79 Å². The lowest BCUT2D eigenvalue weighted by molar-refractivity contribution is -0.140. The zero-order chi connectivity index (χ0) is 24.1. The van der Waals surface area contributed by atoms with E-state index in [1.165, 1.54) is 32.1 Å². The first-order chi connectivity index (χ1) is 16.4. The van der Waals surface area contributed by atoms with Gasteiger partial charge in [-0.2, -0.15) is 11.8 Å². The van der Waals surface area contributed by atoms with Crippen LogP contribution in [0.3, 0.4) is 0 Å². The summed E-state index contributed by atoms with van der Waals surface area (Å²) in [6, 6.07) is 13.9. The monoisotopic (exact) mass is 477 g/mol. The van der Waals surface area contributed by atoms with E-state index in [1.807, 2.05) is 49.6 Å². The highest BCUT2D eigenvalue weighted by Crippen LogP contribution is 2.46. The lowest BCUT2D eigenvalue weighted by Crippen LogP contribution is -2.45. The van der Waals surface area contributed by atoms with Crippen molar-refractivity contribution in [3.8, 4) is 11.1 Å². The van der Waals surface area contributed by atoms with Crippen LogP contribution in [0.15, 0.2) is 48.5 Å². The minimum absolute atomic E-state index is 0.0344. The Morgan fingerprint density at radius 2 is 1.88 bits per heavy atom. The SMILES string of the molecule is CSCC1CC1(NC(=O)c1ccc(/C=C/CC2CCCCC2)cc1-c1ccccc1C)C(=O)O. The molecule has 2 aliphatic carbocycles. The van der Waals surface area contributed by atoms with Gasteiger partial charge in [0, 0.05) is 11.5 Å². The number of carbonyl (C=O) groups is 2. The molecule has 0 spiro atoms. The maximum atomic E-state index is 13.4. The number of aryl methyl sites for hydroxylation is 1. The first kappa shape index (κ1) is 24.6. The van der Waals surface area contributed by atoms with E-state index in [4.69, 9.17) is 0 Å². The number of amides is 1. The number of rotatable bonds is 9. The van der Waals surface area contributed by atoms with Gasteiger partial charge in [0.1, 0.15) is 5.54 Å². The molecule has 1 amide bonds. The van der Waals surface area contributed by atoms with Gasteiger partial charge in [-0.1, -0.05) is 74.6 Å². The Hall–Kier alpha value is -2.53. The number of carboxylic acids is 1. The molecule has 2 fully saturated rings. The van der Waals surface area contributed by atoms with E-state index in [0.29, 0.717) is 12.0 Å². The summed E-state index contributed by atoms with van der Waals surface area (Å²) in [5.41, 5.74) is 3.36. The molecule has 2 aromatic rings. The van der Waals surface area contributed by atoms with Crippen LogP contribution in [0.5, 0.6) is 0 Å². The number of allylic oxidation sites excluding steroid dienone is 1. The molecule has 2 N–H and O–H groups in total. The standard InChI is InChI=1S/C29H35NO3S/c1-20-9-6-7-14-24(20)26-17-22(13-8-12-21-10-4-3-5-11-21)15-16-25(26)27(31)30-29(28(32)33)18-23(29)19-34-2/h6-9,13-17,21,23H,3-5,10-12,18-19H2,1-2H3,(H,30,31)(H,32,33)/b13-8+. The summed E-state index contributed by atoms with van der Waals surface area (Å²) >= 11 is 1.61. The lowest BCUT2D eigenvalue weighted by atomic mass is 9.87. The van der Waals surface area contributed by atoms with Crippen molar-refractivity contribution in [1.82, 2.24) is 5.32 Å². The fourth-order valence-electron chi connectivity index (χ4n) is 5.25. The minimum Gasteiger partial charge on any atom is -0.479 e. The van der Waals surface area contributed by atoms with E-state index < -0.39 is 11.5 Å². The van der Waals surface area contributed by atoms with Crippen LogP contribution in [0.4, 0.5) is 0 Å². The van der Waals surface area contributed by atoms with Crippen molar-refractivity contribution >= 4 is 29.7 Å². The number of hydrogen-bond acceptors (Lipinski definition) is 3. The molecule has 0 saturated heterocycles. The molecule has 34 heavy (non-hydrogen) atoms. The Bertz CT molecular complexity index is 1070. The summed E-state index contributed by atoms with van der Waals surface area (Å²) < 4.78 is 0. The number of nitrogens with one attached hydrogen (secondary N) is 1. The molecule has 0 bridgehead atoms. The molecule has 2 atom stereocenters. The summed E-state index contributed by atoms with van der Waals surface area (Å²) in [6.45, 7) is 2.04. The summed E-state index contributed by atoms with van der Waals surface area (Å²) in [5, 5.41) is 12.7. The first-order valence-corrected chi connectivity index (χ1v) is 13.8. The van der Waals surface area contributed by atoms with Crippen molar-refractivity contribution in [3.05, 3.63) is 65.2 Å². The Kier molecular flexibility index (Phi) is 7.82.